The van der Waals surface area contributed by atoms with Crippen molar-refractivity contribution in [1.82, 2.24) is 20.9 Å². The highest BCUT2D eigenvalue weighted by molar-refractivity contribution is 6.30. The van der Waals surface area contributed by atoms with Crippen LogP contribution in [-0.2, 0) is 9.53 Å². The number of esters is 1. The number of urea groups is 1. The summed E-state index contributed by atoms with van der Waals surface area (Å²) in [5, 5.41) is 9.89. The molecule has 0 saturated carbocycles. The molecule has 0 aliphatic carbocycles. The first-order valence-electron chi connectivity index (χ1n) is 10.6. The number of likely N-dealkylation sites (tertiary alicyclic amines) is 1. The second kappa shape index (κ2) is 10.3. The van der Waals surface area contributed by atoms with Crippen molar-refractivity contribution in [3.8, 4) is 0 Å². The highest BCUT2D eigenvalue weighted by atomic mass is 35.5. The Labute approximate surface area is 183 Å². The first-order valence-corrected chi connectivity index (χ1v) is 11.0. The average molecular weight is 435 g/mol. The van der Waals surface area contributed by atoms with E-state index in [9.17, 15) is 9.59 Å². The van der Waals surface area contributed by atoms with Crippen molar-refractivity contribution in [2.45, 2.75) is 51.7 Å². The van der Waals surface area contributed by atoms with Gasteiger partial charge in [0, 0.05) is 42.4 Å². The van der Waals surface area contributed by atoms with E-state index in [4.69, 9.17) is 16.3 Å². The standard InChI is InChI=1S/C22H31ClN4O3/c1-4-30-21(28)19-18(13-27-11-9-17(10-12-27)24-14(2)3)25-22(29)26-20(19)15-5-7-16(23)8-6-15/h5-8,14,17,20,24H,4,9-13H2,1-3H3,(H2,25,26,29). The van der Waals surface area contributed by atoms with E-state index in [0.29, 0.717) is 34.9 Å². The second-order valence-corrected chi connectivity index (χ2v) is 8.50. The Hall–Kier alpha value is -2.09. The lowest BCUT2D eigenvalue weighted by molar-refractivity contribution is -0.139. The van der Waals surface area contributed by atoms with Gasteiger partial charge in [0.2, 0.25) is 0 Å². The Balaban J connectivity index is 1.83. The minimum Gasteiger partial charge on any atom is -0.463 e. The summed E-state index contributed by atoms with van der Waals surface area (Å²) in [5.74, 6) is -0.420. The van der Waals surface area contributed by atoms with Gasteiger partial charge >= 0.3 is 12.0 Å². The number of amides is 2. The molecule has 1 saturated heterocycles. The number of nitrogens with zero attached hydrogens (tertiary/aromatic N) is 1. The van der Waals surface area contributed by atoms with E-state index in [0.717, 1.165) is 31.5 Å². The van der Waals surface area contributed by atoms with Gasteiger partial charge in [-0.05, 0) is 37.5 Å². The largest absolute Gasteiger partial charge is 0.463 e. The van der Waals surface area contributed by atoms with E-state index < -0.39 is 12.0 Å². The summed E-state index contributed by atoms with van der Waals surface area (Å²) in [7, 11) is 0. The molecule has 3 N–H and O–H groups in total. The minimum absolute atomic E-state index is 0.267. The van der Waals surface area contributed by atoms with E-state index >= 15 is 0 Å². The molecule has 1 fully saturated rings. The van der Waals surface area contributed by atoms with Crippen molar-refractivity contribution < 1.29 is 14.3 Å². The highest BCUT2D eigenvalue weighted by Crippen LogP contribution is 2.29. The fourth-order valence-electron chi connectivity index (χ4n) is 4.05. The molecule has 2 amide bonds. The Morgan fingerprint density at radius 1 is 1.27 bits per heavy atom. The number of carbonyl (C=O) groups is 2. The van der Waals surface area contributed by atoms with E-state index in [2.05, 4.69) is 34.7 Å². The second-order valence-electron chi connectivity index (χ2n) is 8.07. The van der Waals surface area contributed by atoms with Crippen molar-refractivity contribution in [2.24, 2.45) is 0 Å². The zero-order valence-electron chi connectivity index (χ0n) is 17.8. The number of hydrogen-bond donors (Lipinski definition) is 3. The van der Waals surface area contributed by atoms with Gasteiger partial charge in [-0.2, -0.15) is 0 Å². The number of piperidine rings is 1. The molecule has 8 heteroatoms. The van der Waals surface area contributed by atoms with Crippen LogP contribution in [0.4, 0.5) is 4.79 Å². The highest BCUT2D eigenvalue weighted by Gasteiger charge is 2.34. The van der Waals surface area contributed by atoms with Crippen LogP contribution >= 0.6 is 11.6 Å². The summed E-state index contributed by atoms with van der Waals surface area (Å²) in [5.41, 5.74) is 1.84. The lowest BCUT2D eigenvalue weighted by Crippen LogP contribution is -2.50. The van der Waals surface area contributed by atoms with E-state index in [1.165, 1.54) is 0 Å². The Bertz CT molecular complexity index is 786. The molecule has 1 unspecified atom stereocenters. The number of hydrogen-bond acceptors (Lipinski definition) is 5. The van der Waals surface area contributed by atoms with Crippen molar-refractivity contribution in [3.63, 3.8) is 0 Å². The van der Waals surface area contributed by atoms with Crippen molar-refractivity contribution in [1.29, 1.82) is 0 Å². The summed E-state index contributed by atoms with van der Waals surface area (Å²) < 4.78 is 5.33. The number of halogens is 1. The van der Waals surface area contributed by atoms with Gasteiger partial charge in [0.25, 0.3) is 0 Å². The van der Waals surface area contributed by atoms with E-state index in [-0.39, 0.29) is 12.6 Å². The van der Waals surface area contributed by atoms with Crippen LogP contribution in [-0.4, -0.2) is 55.2 Å². The SMILES string of the molecule is CCOC(=O)C1=C(CN2CCC(NC(C)C)CC2)NC(=O)NC1c1ccc(Cl)cc1. The van der Waals surface area contributed by atoms with Crippen LogP contribution < -0.4 is 16.0 Å². The molecule has 0 bridgehead atoms. The van der Waals surface area contributed by atoms with Crippen molar-refractivity contribution >= 4 is 23.6 Å². The number of ether oxygens (including phenoxy) is 1. The predicted octanol–water partition coefficient (Wildman–Crippen LogP) is 2.97. The zero-order valence-corrected chi connectivity index (χ0v) is 18.6. The molecule has 2 aliphatic rings. The van der Waals surface area contributed by atoms with Gasteiger partial charge in [-0.3, -0.25) is 4.90 Å². The van der Waals surface area contributed by atoms with Crippen LogP contribution in [0.1, 0.15) is 45.2 Å². The summed E-state index contributed by atoms with van der Waals surface area (Å²) in [6, 6.07) is 7.20. The number of rotatable bonds is 7. The van der Waals surface area contributed by atoms with Gasteiger partial charge in [0.1, 0.15) is 0 Å². The molecule has 0 aromatic heterocycles. The average Bonchev–Trinajstić information content (AvgIpc) is 2.69. The third-order valence-corrected chi connectivity index (χ3v) is 5.64. The monoisotopic (exact) mass is 434 g/mol. The third kappa shape index (κ3) is 5.74. The molecule has 1 atom stereocenters. The number of nitrogens with one attached hydrogen (secondary N) is 3. The lowest BCUT2D eigenvalue weighted by atomic mass is 9.94. The van der Waals surface area contributed by atoms with Gasteiger partial charge < -0.3 is 20.7 Å². The van der Waals surface area contributed by atoms with Gasteiger partial charge in [-0.15, -0.1) is 0 Å². The third-order valence-electron chi connectivity index (χ3n) is 5.39. The zero-order chi connectivity index (χ0) is 21.7. The molecule has 164 valence electrons. The molecule has 0 spiro atoms. The van der Waals surface area contributed by atoms with Gasteiger partial charge in [-0.25, -0.2) is 9.59 Å². The Morgan fingerprint density at radius 3 is 2.53 bits per heavy atom. The molecule has 7 nitrogen and oxygen atoms in total. The molecular formula is C22H31ClN4O3. The fourth-order valence-corrected chi connectivity index (χ4v) is 4.18. The topological polar surface area (TPSA) is 82.7 Å². The summed E-state index contributed by atoms with van der Waals surface area (Å²) in [6.07, 6.45) is 2.07. The maximum absolute atomic E-state index is 12.9. The Morgan fingerprint density at radius 2 is 1.93 bits per heavy atom. The molecule has 1 aromatic carbocycles. The molecule has 0 radical (unpaired) electrons. The molecule has 30 heavy (non-hydrogen) atoms. The smallest absolute Gasteiger partial charge is 0.338 e. The van der Waals surface area contributed by atoms with E-state index in [1.807, 2.05) is 12.1 Å². The fraction of sp³-hybridized carbons (Fsp3) is 0.545. The van der Waals surface area contributed by atoms with Crippen LogP contribution in [0.25, 0.3) is 0 Å². The summed E-state index contributed by atoms with van der Waals surface area (Å²) in [6.45, 7) is 8.66. The van der Waals surface area contributed by atoms with Gasteiger partial charge in [0.05, 0.1) is 18.2 Å². The van der Waals surface area contributed by atoms with Crippen molar-refractivity contribution in [2.75, 3.05) is 26.2 Å². The normalized spacial score (nSPS) is 20.8. The van der Waals surface area contributed by atoms with Gasteiger partial charge in [0.15, 0.2) is 0 Å². The first-order chi connectivity index (χ1) is 14.4. The van der Waals surface area contributed by atoms with Crippen molar-refractivity contribution in [3.05, 3.63) is 46.1 Å². The molecule has 1 aromatic rings. The minimum atomic E-state index is -0.579. The molecule has 2 aliphatic heterocycles. The van der Waals surface area contributed by atoms with Crippen LogP contribution in [0.15, 0.2) is 35.5 Å². The van der Waals surface area contributed by atoms with Crippen LogP contribution in [0, 0.1) is 0 Å². The Kier molecular flexibility index (Phi) is 7.75. The molecule has 2 heterocycles. The number of benzene rings is 1. The quantitative estimate of drug-likeness (QED) is 0.575. The maximum Gasteiger partial charge on any atom is 0.338 e. The lowest BCUT2D eigenvalue weighted by Gasteiger charge is -2.36. The molecule has 3 rings (SSSR count). The van der Waals surface area contributed by atoms with Crippen LogP contribution in [0.2, 0.25) is 5.02 Å². The summed E-state index contributed by atoms with van der Waals surface area (Å²) >= 11 is 6.01. The number of carbonyl (C=O) groups excluding carboxylic acids is 2. The van der Waals surface area contributed by atoms with Gasteiger partial charge in [-0.1, -0.05) is 37.6 Å². The van der Waals surface area contributed by atoms with Crippen LogP contribution in [0.5, 0.6) is 0 Å². The summed E-state index contributed by atoms with van der Waals surface area (Å²) in [4.78, 5) is 27.5. The van der Waals surface area contributed by atoms with Crippen LogP contribution in [0.3, 0.4) is 0 Å². The van der Waals surface area contributed by atoms with E-state index in [1.54, 1.807) is 19.1 Å². The first kappa shape index (κ1) is 22.6. The predicted molar refractivity (Wildman–Crippen MR) is 117 cm³/mol. The maximum atomic E-state index is 12.9. The molecular weight excluding hydrogens is 404 g/mol.